The van der Waals surface area contributed by atoms with E-state index in [1.54, 1.807) is 10.5 Å². The Labute approximate surface area is 239 Å². The maximum atomic E-state index is 12.8. The average molecular weight is 578 g/mol. The highest BCUT2D eigenvalue weighted by atomic mass is 32.2. The molecule has 6 rings (SSSR count). The van der Waals surface area contributed by atoms with Crippen LogP contribution in [0.3, 0.4) is 0 Å². The third kappa shape index (κ3) is 6.35. The Morgan fingerprint density at radius 1 is 1.05 bits per heavy atom. The molecule has 12 heteroatoms. The number of ether oxygens (including phenoxy) is 1. The number of morpholine rings is 1. The summed E-state index contributed by atoms with van der Waals surface area (Å²) in [6, 6.07) is 11.9. The van der Waals surface area contributed by atoms with Gasteiger partial charge < -0.3 is 15.0 Å². The van der Waals surface area contributed by atoms with Gasteiger partial charge in [-0.15, -0.1) is 0 Å². The summed E-state index contributed by atoms with van der Waals surface area (Å²) >= 11 is 0. The van der Waals surface area contributed by atoms with E-state index in [4.69, 9.17) is 9.72 Å². The number of sulfonamides is 1. The number of anilines is 2. The third-order valence-corrected chi connectivity index (χ3v) is 9.30. The van der Waals surface area contributed by atoms with E-state index in [1.165, 1.54) is 11.8 Å². The molecule has 0 spiro atoms. The Hall–Kier alpha value is -3.58. The van der Waals surface area contributed by atoms with Crippen molar-refractivity contribution in [3.05, 3.63) is 70.9 Å². The number of rotatable bonds is 8. The highest BCUT2D eigenvalue weighted by Gasteiger charge is 2.25. The van der Waals surface area contributed by atoms with Crippen LogP contribution in [0.15, 0.2) is 59.8 Å². The van der Waals surface area contributed by atoms with Crippen LogP contribution in [0.5, 0.6) is 0 Å². The van der Waals surface area contributed by atoms with E-state index in [2.05, 4.69) is 32.4 Å². The molecule has 2 saturated heterocycles. The summed E-state index contributed by atoms with van der Waals surface area (Å²) in [4.78, 5) is 22.8. The van der Waals surface area contributed by atoms with Crippen molar-refractivity contribution in [2.75, 3.05) is 57.5 Å². The number of benzene rings is 1. The summed E-state index contributed by atoms with van der Waals surface area (Å²) in [5, 5.41) is 9.20. The highest BCUT2D eigenvalue weighted by molar-refractivity contribution is 7.88. The molecule has 2 aliphatic rings. The molecule has 11 nitrogen and oxygen atoms in total. The fraction of sp³-hybridized carbons (Fsp3) is 0.414. The number of fused-ring (bicyclic) bond motifs is 1. The molecule has 0 atom stereocenters. The summed E-state index contributed by atoms with van der Waals surface area (Å²) in [6.45, 7) is 6.18. The zero-order valence-corrected chi connectivity index (χ0v) is 23.9. The molecular formula is C29H35N7O4S. The Kier molecular flexibility index (Phi) is 7.89. The van der Waals surface area contributed by atoms with E-state index >= 15 is 0 Å². The van der Waals surface area contributed by atoms with Gasteiger partial charge in [0.1, 0.15) is 5.82 Å². The zero-order valence-electron chi connectivity index (χ0n) is 23.1. The van der Waals surface area contributed by atoms with Crippen LogP contribution >= 0.6 is 0 Å². The number of nitrogens with one attached hydrogen (secondary N) is 2. The molecule has 2 fully saturated rings. The van der Waals surface area contributed by atoms with E-state index in [1.807, 2.05) is 41.3 Å². The molecule has 41 heavy (non-hydrogen) atoms. The number of aromatic amines is 1. The van der Waals surface area contributed by atoms with Crippen LogP contribution in [-0.2, 0) is 21.3 Å². The first kappa shape index (κ1) is 27.6. The van der Waals surface area contributed by atoms with Crippen molar-refractivity contribution in [3.8, 4) is 11.3 Å². The van der Waals surface area contributed by atoms with Gasteiger partial charge in [-0.1, -0.05) is 12.1 Å². The smallest absolute Gasteiger partial charge is 0.259 e. The standard InChI is InChI=1S/C29H35N7O4S/c1-41(38,39)36-10-7-22(8-11-36)21-2-4-25(5-3-21)32-28-27-23(6-9-30-29(27)37)18-26(33-28)24-19-31-35(20-24)13-12-34-14-16-40-17-15-34/h2-6,9,18-20,22H,7-8,10-17H2,1H3,(H,30,37)(H,32,33). The predicted octanol–water partition coefficient (Wildman–Crippen LogP) is 3.00. The SMILES string of the molecule is CS(=O)(=O)N1CCC(c2ccc(Nc3nc(-c4cnn(CCN5CCOCC5)c4)cc4cc[nH]c(=O)c34)cc2)CC1. The monoisotopic (exact) mass is 577 g/mol. The topological polar surface area (TPSA) is 125 Å². The van der Waals surface area contributed by atoms with Gasteiger partial charge in [0.15, 0.2) is 0 Å². The molecule has 5 heterocycles. The minimum Gasteiger partial charge on any atom is -0.379 e. The Morgan fingerprint density at radius 3 is 2.54 bits per heavy atom. The Balaban J connectivity index is 1.20. The summed E-state index contributed by atoms with van der Waals surface area (Å²) in [6.07, 6.45) is 8.31. The quantitative estimate of drug-likeness (QED) is 0.328. The Morgan fingerprint density at radius 2 is 1.80 bits per heavy atom. The highest BCUT2D eigenvalue weighted by Crippen LogP contribution is 2.31. The van der Waals surface area contributed by atoms with Gasteiger partial charge in [-0.25, -0.2) is 17.7 Å². The summed E-state index contributed by atoms with van der Waals surface area (Å²) < 4.78 is 32.6. The molecule has 0 radical (unpaired) electrons. The van der Waals surface area contributed by atoms with Crippen molar-refractivity contribution in [1.82, 2.24) is 29.0 Å². The van der Waals surface area contributed by atoms with E-state index in [9.17, 15) is 13.2 Å². The first-order valence-corrected chi connectivity index (χ1v) is 15.9. The van der Waals surface area contributed by atoms with E-state index < -0.39 is 10.0 Å². The van der Waals surface area contributed by atoms with Crippen LogP contribution in [0.25, 0.3) is 22.0 Å². The average Bonchev–Trinajstić information content (AvgIpc) is 3.46. The number of pyridine rings is 2. The second-order valence-electron chi connectivity index (χ2n) is 10.8. The van der Waals surface area contributed by atoms with Crippen LogP contribution in [-0.4, -0.2) is 89.6 Å². The van der Waals surface area contributed by atoms with Crippen LogP contribution in [0.2, 0.25) is 0 Å². The molecule has 2 N–H and O–H groups in total. The number of aromatic nitrogens is 4. The van der Waals surface area contributed by atoms with Gasteiger partial charge in [-0.3, -0.25) is 14.4 Å². The van der Waals surface area contributed by atoms with Gasteiger partial charge >= 0.3 is 0 Å². The molecule has 0 bridgehead atoms. The lowest BCUT2D eigenvalue weighted by Crippen LogP contribution is -2.38. The maximum Gasteiger partial charge on any atom is 0.259 e. The first-order valence-electron chi connectivity index (χ1n) is 14.0. The molecule has 0 unspecified atom stereocenters. The fourth-order valence-electron chi connectivity index (χ4n) is 5.64. The minimum absolute atomic E-state index is 0.209. The molecule has 0 saturated carbocycles. The number of hydrogen-bond donors (Lipinski definition) is 2. The van der Waals surface area contributed by atoms with Gasteiger partial charge in [0, 0.05) is 56.4 Å². The van der Waals surface area contributed by atoms with Crippen LogP contribution in [0.4, 0.5) is 11.5 Å². The lowest BCUT2D eigenvalue weighted by molar-refractivity contribution is 0.0360. The largest absolute Gasteiger partial charge is 0.379 e. The number of piperidine rings is 1. The summed E-state index contributed by atoms with van der Waals surface area (Å²) in [5.41, 5.74) is 3.40. The number of nitrogens with zero attached hydrogens (tertiary/aromatic N) is 5. The molecule has 1 aromatic carbocycles. The second-order valence-corrected chi connectivity index (χ2v) is 12.7. The molecule has 2 aliphatic heterocycles. The third-order valence-electron chi connectivity index (χ3n) is 8.00. The number of hydrogen-bond acceptors (Lipinski definition) is 8. The van der Waals surface area contributed by atoms with Gasteiger partial charge in [-0.05, 0) is 54.0 Å². The van der Waals surface area contributed by atoms with Crippen molar-refractivity contribution in [3.63, 3.8) is 0 Å². The molecule has 0 aliphatic carbocycles. The van der Waals surface area contributed by atoms with Crippen LogP contribution < -0.4 is 10.9 Å². The zero-order chi connectivity index (χ0) is 28.4. The van der Waals surface area contributed by atoms with Crippen molar-refractivity contribution >= 4 is 32.3 Å². The molecule has 216 valence electrons. The van der Waals surface area contributed by atoms with Gasteiger partial charge in [0.05, 0.1) is 43.3 Å². The fourth-order valence-corrected chi connectivity index (χ4v) is 6.51. The van der Waals surface area contributed by atoms with Crippen molar-refractivity contribution in [1.29, 1.82) is 0 Å². The summed E-state index contributed by atoms with van der Waals surface area (Å²) in [5.74, 6) is 0.793. The lowest BCUT2D eigenvalue weighted by atomic mass is 9.90. The van der Waals surface area contributed by atoms with Gasteiger partial charge in [0.2, 0.25) is 10.0 Å². The maximum absolute atomic E-state index is 12.8. The summed E-state index contributed by atoms with van der Waals surface area (Å²) in [7, 11) is -3.15. The van der Waals surface area contributed by atoms with E-state index in [0.717, 1.165) is 74.6 Å². The van der Waals surface area contributed by atoms with Gasteiger partial charge in [0.25, 0.3) is 5.56 Å². The normalized spacial score (nSPS) is 17.7. The molecule has 4 aromatic rings. The van der Waals surface area contributed by atoms with E-state index in [-0.39, 0.29) is 5.56 Å². The lowest BCUT2D eigenvalue weighted by Gasteiger charge is -2.30. The van der Waals surface area contributed by atoms with Crippen molar-refractivity contribution in [2.45, 2.75) is 25.3 Å². The van der Waals surface area contributed by atoms with E-state index in [0.29, 0.717) is 30.2 Å². The first-order chi connectivity index (χ1) is 19.8. The minimum atomic E-state index is -3.15. The van der Waals surface area contributed by atoms with Crippen molar-refractivity contribution in [2.24, 2.45) is 0 Å². The predicted molar refractivity (Wildman–Crippen MR) is 159 cm³/mol. The van der Waals surface area contributed by atoms with Crippen LogP contribution in [0.1, 0.15) is 24.3 Å². The van der Waals surface area contributed by atoms with Crippen LogP contribution in [0, 0.1) is 0 Å². The van der Waals surface area contributed by atoms with Gasteiger partial charge in [-0.2, -0.15) is 5.10 Å². The molecule has 3 aromatic heterocycles. The second kappa shape index (κ2) is 11.7. The molecule has 0 amide bonds. The Bertz CT molecular complexity index is 1670. The molecular weight excluding hydrogens is 542 g/mol. The number of H-pyrrole nitrogens is 1. The van der Waals surface area contributed by atoms with Crippen molar-refractivity contribution < 1.29 is 13.2 Å².